The van der Waals surface area contributed by atoms with E-state index in [0.29, 0.717) is 18.1 Å². The molecule has 3 atom stereocenters. The molecule has 17 heavy (non-hydrogen) atoms. The summed E-state index contributed by atoms with van der Waals surface area (Å²) < 4.78 is 6.55. The van der Waals surface area contributed by atoms with Gasteiger partial charge in [-0.1, -0.05) is 18.5 Å². The summed E-state index contributed by atoms with van der Waals surface area (Å²) in [6.07, 6.45) is 2.64. The second-order valence-corrected chi connectivity index (χ2v) is 6.51. The Morgan fingerprint density at radius 2 is 2.41 bits per heavy atom. The minimum absolute atomic E-state index is 0.410. The van der Waals surface area contributed by atoms with Gasteiger partial charge in [-0.25, -0.2) is 0 Å². The first kappa shape index (κ1) is 13.3. The predicted molar refractivity (Wildman–Crippen MR) is 74.0 cm³/mol. The summed E-state index contributed by atoms with van der Waals surface area (Å²) in [6.45, 7) is 6.21. The quantitative estimate of drug-likeness (QED) is 0.888. The summed E-state index contributed by atoms with van der Waals surface area (Å²) in [4.78, 5) is 1.36. The normalized spacial score (nSPS) is 26.3. The Hall–Kier alpha value is -0.0900. The lowest BCUT2D eigenvalue weighted by atomic mass is 9.94. The van der Waals surface area contributed by atoms with Gasteiger partial charge in [-0.2, -0.15) is 0 Å². The van der Waals surface area contributed by atoms with Crippen LogP contribution in [0, 0.1) is 5.92 Å². The smallest absolute Gasteiger partial charge is 0.0931 e. The third kappa shape index (κ3) is 3.68. The molecular weight excluding hydrogens is 254 g/mol. The van der Waals surface area contributed by atoms with Gasteiger partial charge in [-0.15, -0.1) is 11.3 Å². The van der Waals surface area contributed by atoms with Crippen molar-refractivity contribution < 1.29 is 4.74 Å². The van der Waals surface area contributed by atoms with Crippen LogP contribution in [0.5, 0.6) is 0 Å². The molecule has 0 aromatic carbocycles. The van der Waals surface area contributed by atoms with Crippen LogP contribution in [0.1, 0.15) is 25.1 Å². The lowest BCUT2D eigenvalue weighted by Crippen LogP contribution is -2.38. The van der Waals surface area contributed by atoms with Crippen molar-refractivity contribution in [3.05, 3.63) is 21.3 Å². The fourth-order valence-corrected chi connectivity index (χ4v) is 3.62. The Bertz CT molecular complexity index is 355. The van der Waals surface area contributed by atoms with Crippen LogP contribution in [-0.4, -0.2) is 25.3 Å². The minimum Gasteiger partial charge on any atom is -0.378 e. The van der Waals surface area contributed by atoms with Gasteiger partial charge in [0.25, 0.3) is 0 Å². The molecule has 1 saturated heterocycles. The van der Waals surface area contributed by atoms with Gasteiger partial charge in [0.15, 0.2) is 0 Å². The number of halogens is 1. The summed E-state index contributed by atoms with van der Waals surface area (Å²) in [7, 11) is 0. The van der Waals surface area contributed by atoms with E-state index in [0.717, 1.165) is 30.3 Å². The SMILES string of the molecule is CCNC(Cc1ccc(Cl)s1)C1COC(C)C1. The van der Waals surface area contributed by atoms with Gasteiger partial charge in [0.05, 0.1) is 17.0 Å². The van der Waals surface area contributed by atoms with E-state index in [2.05, 4.69) is 25.2 Å². The van der Waals surface area contributed by atoms with Crippen LogP contribution in [0.4, 0.5) is 0 Å². The zero-order chi connectivity index (χ0) is 12.3. The molecule has 0 saturated carbocycles. The van der Waals surface area contributed by atoms with Crippen molar-refractivity contribution in [3.8, 4) is 0 Å². The molecule has 2 nitrogen and oxygen atoms in total. The first-order chi connectivity index (χ1) is 8.19. The number of rotatable bonds is 5. The number of thiophene rings is 1. The summed E-state index contributed by atoms with van der Waals surface area (Å²) in [6, 6.07) is 4.63. The molecule has 1 aliphatic heterocycles. The van der Waals surface area contributed by atoms with Gasteiger partial charge in [0, 0.05) is 16.8 Å². The Labute approximate surface area is 112 Å². The average Bonchev–Trinajstić information content (AvgIpc) is 2.87. The van der Waals surface area contributed by atoms with Gasteiger partial charge in [-0.05, 0) is 38.4 Å². The van der Waals surface area contributed by atoms with Crippen LogP contribution in [0.3, 0.4) is 0 Å². The molecule has 1 aromatic rings. The fourth-order valence-electron chi connectivity index (χ4n) is 2.48. The Morgan fingerprint density at radius 1 is 1.59 bits per heavy atom. The zero-order valence-electron chi connectivity index (χ0n) is 10.4. The summed E-state index contributed by atoms with van der Waals surface area (Å²) in [5, 5.41) is 3.59. The molecule has 0 amide bonds. The monoisotopic (exact) mass is 273 g/mol. The second kappa shape index (κ2) is 6.19. The predicted octanol–water partition coefficient (Wildman–Crippen LogP) is 3.35. The molecule has 1 N–H and O–H groups in total. The topological polar surface area (TPSA) is 21.3 Å². The molecule has 3 unspecified atom stereocenters. The third-order valence-electron chi connectivity index (χ3n) is 3.31. The molecule has 1 aromatic heterocycles. The van der Waals surface area contributed by atoms with Crippen LogP contribution >= 0.6 is 22.9 Å². The maximum absolute atomic E-state index is 5.98. The van der Waals surface area contributed by atoms with Gasteiger partial charge in [0.2, 0.25) is 0 Å². The van der Waals surface area contributed by atoms with E-state index in [9.17, 15) is 0 Å². The minimum atomic E-state index is 0.410. The van der Waals surface area contributed by atoms with E-state index in [1.807, 2.05) is 6.07 Å². The fraction of sp³-hybridized carbons (Fsp3) is 0.692. The highest BCUT2D eigenvalue weighted by Crippen LogP contribution is 2.28. The van der Waals surface area contributed by atoms with Crippen LogP contribution in [-0.2, 0) is 11.2 Å². The molecule has 0 radical (unpaired) electrons. The largest absolute Gasteiger partial charge is 0.378 e. The van der Waals surface area contributed by atoms with Crippen molar-refractivity contribution in [1.82, 2.24) is 5.32 Å². The number of likely N-dealkylation sites (N-methyl/N-ethyl adjacent to an activating group) is 1. The maximum Gasteiger partial charge on any atom is 0.0931 e. The summed E-state index contributed by atoms with van der Waals surface area (Å²) in [5.41, 5.74) is 0. The van der Waals surface area contributed by atoms with Crippen molar-refractivity contribution in [2.75, 3.05) is 13.2 Å². The molecule has 4 heteroatoms. The van der Waals surface area contributed by atoms with Crippen LogP contribution in [0.25, 0.3) is 0 Å². The molecule has 0 aliphatic carbocycles. The Morgan fingerprint density at radius 3 is 2.94 bits per heavy atom. The Kier molecular flexibility index (Phi) is 4.86. The van der Waals surface area contributed by atoms with Crippen LogP contribution in [0.2, 0.25) is 4.34 Å². The number of nitrogens with one attached hydrogen (secondary N) is 1. The van der Waals surface area contributed by atoms with Gasteiger partial charge < -0.3 is 10.1 Å². The molecule has 96 valence electrons. The van der Waals surface area contributed by atoms with Crippen molar-refractivity contribution in [3.63, 3.8) is 0 Å². The average molecular weight is 274 g/mol. The number of ether oxygens (including phenoxy) is 1. The van der Waals surface area contributed by atoms with E-state index in [4.69, 9.17) is 16.3 Å². The maximum atomic E-state index is 5.98. The van der Waals surface area contributed by atoms with Crippen LogP contribution in [0.15, 0.2) is 12.1 Å². The molecule has 1 aliphatic rings. The highest BCUT2D eigenvalue weighted by atomic mass is 35.5. The van der Waals surface area contributed by atoms with E-state index >= 15 is 0 Å². The summed E-state index contributed by atoms with van der Waals surface area (Å²) in [5.74, 6) is 0.630. The molecular formula is C13H20ClNOS. The molecule has 1 fully saturated rings. The second-order valence-electron chi connectivity index (χ2n) is 4.71. The highest BCUT2D eigenvalue weighted by molar-refractivity contribution is 7.16. The third-order valence-corrected chi connectivity index (χ3v) is 4.57. The molecule has 0 spiro atoms. The van der Waals surface area contributed by atoms with Crippen LogP contribution < -0.4 is 5.32 Å². The zero-order valence-corrected chi connectivity index (χ0v) is 12.0. The van der Waals surface area contributed by atoms with E-state index in [1.54, 1.807) is 11.3 Å². The molecule has 0 bridgehead atoms. The van der Waals surface area contributed by atoms with Gasteiger partial charge >= 0.3 is 0 Å². The lowest BCUT2D eigenvalue weighted by Gasteiger charge is -2.22. The van der Waals surface area contributed by atoms with E-state index in [1.165, 1.54) is 4.88 Å². The molecule has 2 heterocycles. The van der Waals surface area contributed by atoms with Crippen molar-refractivity contribution in [2.45, 2.75) is 38.8 Å². The van der Waals surface area contributed by atoms with E-state index < -0.39 is 0 Å². The number of hydrogen-bond acceptors (Lipinski definition) is 3. The van der Waals surface area contributed by atoms with Gasteiger partial charge in [0.1, 0.15) is 0 Å². The molecule has 2 rings (SSSR count). The summed E-state index contributed by atoms with van der Waals surface area (Å²) >= 11 is 7.66. The standard InChI is InChI=1S/C13H20ClNOS/c1-3-15-12(10-6-9(2)16-8-10)7-11-4-5-13(14)17-11/h4-5,9-10,12,15H,3,6-8H2,1-2H3. The first-order valence-corrected chi connectivity index (χ1v) is 7.47. The highest BCUT2D eigenvalue weighted by Gasteiger charge is 2.29. The van der Waals surface area contributed by atoms with Crippen molar-refractivity contribution in [2.24, 2.45) is 5.92 Å². The van der Waals surface area contributed by atoms with Crippen molar-refractivity contribution >= 4 is 22.9 Å². The van der Waals surface area contributed by atoms with E-state index in [-0.39, 0.29) is 0 Å². The first-order valence-electron chi connectivity index (χ1n) is 6.28. The van der Waals surface area contributed by atoms with Crippen molar-refractivity contribution in [1.29, 1.82) is 0 Å². The Balaban J connectivity index is 1.97. The van der Waals surface area contributed by atoms with Gasteiger partial charge in [-0.3, -0.25) is 0 Å². The number of hydrogen-bond donors (Lipinski definition) is 1. The lowest BCUT2D eigenvalue weighted by molar-refractivity contribution is 0.117.